The van der Waals surface area contributed by atoms with Gasteiger partial charge in [0.1, 0.15) is 17.7 Å². The zero-order chi connectivity index (χ0) is 16.4. The second-order valence-corrected chi connectivity index (χ2v) is 5.96. The SMILES string of the molecule is Oc1ccc(C2OCC(c3ccccc3)N2Cc2ccco2)cc1. The van der Waals surface area contributed by atoms with E-state index in [-0.39, 0.29) is 18.0 Å². The minimum absolute atomic E-state index is 0.162. The fraction of sp³-hybridized carbons (Fsp3) is 0.200. The fourth-order valence-electron chi connectivity index (χ4n) is 3.20. The van der Waals surface area contributed by atoms with Gasteiger partial charge in [0, 0.05) is 0 Å². The fourth-order valence-corrected chi connectivity index (χ4v) is 3.20. The highest BCUT2D eigenvalue weighted by atomic mass is 16.5. The first kappa shape index (κ1) is 15.0. The van der Waals surface area contributed by atoms with Crippen molar-refractivity contribution < 1.29 is 14.3 Å². The summed E-state index contributed by atoms with van der Waals surface area (Å²) < 4.78 is 11.7. The van der Waals surface area contributed by atoms with Crippen LogP contribution in [0, 0.1) is 0 Å². The van der Waals surface area contributed by atoms with E-state index in [1.807, 2.05) is 42.5 Å². The molecular weight excluding hydrogens is 302 g/mol. The van der Waals surface area contributed by atoms with E-state index in [0.29, 0.717) is 13.2 Å². The molecule has 1 aliphatic rings. The van der Waals surface area contributed by atoms with Crippen LogP contribution in [0.3, 0.4) is 0 Å². The van der Waals surface area contributed by atoms with Gasteiger partial charge in [-0.3, -0.25) is 4.90 Å². The maximum Gasteiger partial charge on any atom is 0.137 e. The lowest BCUT2D eigenvalue weighted by Gasteiger charge is -2.27. The summed E-state index contributed by atoms with van der Waals surface area (Å²) in [6.07, 6.45) is 1.53. The summed E-state index contributed by atoms with van der Waals surface area (Å²) in [5.41, 5.74) is 2.25. The van der Waals surface area contributed by atoms with Gasteiger partial charge in [0.05, 0.1) is 25.5 Å². The van der Waals surface area contributed by atoms with E-state index in [1.165, 1.54) is 5.56 Å². The zero-order valence-corrected chi connectivity index (χ0v) is 13.2. The Labute approximate surface area is 140 Å². The molecule has 0 saturated carbocycles. The van der Waals surface area contributed by atoms with Crippen LogP contribution in [0.5, 0.6) is 5.75 Å². The highest BCUT2D eigenvalue weighted by molar-refractivity contribution is 5.29. The van der Waals surface area contributed by atoms with Crippen LogP contribution in [0.25, 0.3) is 0 Å². The lowest BCUT2D eigenvalue weighted by molar-refractivity contribution is 0.0212. The molecule has 0 spiro atoms. The molecule has 2 heterocycles. The average Bonchev–Trinajstić information content (AvgIpc) is 3.27. The van der Waals surface area contributed by atoms with E-state index in [1.54, 1.807) is 18.4 Å². The molecule has 1 saturated heterocycles. The predicted octanol–water partition coefficient (Wildman–Crippen LogP) is 4.26. The lowest BCUT2D eigenvalue weighted by Crippen LogP contribution is -2.26. The van der Waals surface area contributed by atoms with Gasteiger partial charge in [0.25, 0.3) is 0 Å². The van der Waals surface area contributed by atoms with Gasteiger partial charge < -0.3 is 14.3 Å². The third-order valence-corrected chi connectivity index (χ3v) is 4.39. The summed E-state index contributed by atoms with van der Waals surface area (Å²) in [4.78, 5) is 2.29. The van der Waals surface area contributed by atoms with Crippen molar-refractivity contribution in [1.29, 1.82) is 0 Å². The molecule has 3 aromatic rings. The minimum atomic E-state index is -0.166. The van der Waals surface area contributed by atoms with Gasteiger partial charge in [-0.25, -0.2) is 0 Å². The molecular formula is C20H19NO3. The summed E-state index contributed by atoms with van der Waals surface area (Å²) in [7, 11) is 0. The standard InChI is InChI=1S/C20H19NO3/c22-17-10-8-16(9-11-17)20-21(13-18-7-4-12-23-18)19(14-24-20)15-5-2-1-3-6-15/h1-12,19-20,22H,13-14H2. The average molecular weight is 321 g/mol. The first-order valence-corrected chi connectivity index (χ1v) is 8.05. The van der Waals surface area contributed by atoms with Crippen molar-refractivity contribution in [3.8, 4) is 5.75 Å². The van der Waals surface area contributed by atoms with E-state index in [0.717, 1.165) is 11.3 Å². The molecule has 24 heavy (non-hydrogen) atoms. The van der Waals surface area contributed by atoms with Crippen molar-refractivity contribution in [2.75, 3.05) is 6.61 Å². The Kier molecular flexibility index (Phi) is 4.07. The maximum atomic E-state index is 9.53. The van der Waals surface area contributed by atoms with Crippen LogP contribution in [-0.2, 0) is 11.3 Å². The molecule has 2 aromatic carbocycles. The van der Waals surface area contributed by atoms with Crippen LogP contribution in [0.2, 0.25) is 0 Å². The topological polar surface area (TPSA) is 45.8 Å². The molecule has 2 atom stereocenters. The lowest BCUT2D eigenvalue weighted by atomic mass is 10.1. The summed E-state index contributed by atoms with van der Waals surface area (Å²) in [5, 5.41) is 9.53. The second kappa shape index (κ2) is 6.51. The van der Waals surface area contributed by atoms with E-state index in [2.05, 4.69) is 17.0 Å². The molecule has 2 unspecified atom stereocenters. The van der Waals surface area contributed by atoms with Crippen LogP contribution in [-0.4, -0.2) is 16.6 Å². The highest BCUT2D eigenvalue weighted by Crippen LogP contribution is 2.40. The third kappa shape index (κ3) is 2.94. The minimum Gasteiger partial charge on any atom is -0.508 e. The van der Waals surface area contributed by atoms with Crippen molar-refractivity contribution in [3.05, 3.63) is 89.9 Å². The Morgan fingerprint density at radius 2 is 1.71 bits per heavy atom. The van der Waals surface area contributed by atoms with Gasteiger partial charge in [-0.15, -0.1) is 0 Å². The van der Waals surface area contributed by atoms with Gasteiger partial charge in [-0.2, -0.15) is 0 Å². The number of benzene rings is 2. The second-order valence-electron chi connectivity index (χ2n) is 5.96. The Balaban J connectivity index is 1.67. The van der Waals surface area contributed by atoms with Crippen molar-refractivity contribution in [1.82, 2.24) is 4.90 Å². The Morgan fingerprint density at radius 1 is 0.917 bits per heavy atom. The molecule has 1 aliphatic heterocycles. The van der Waals surface area contributed by atoms with Gasteiger partial charge in [0.15, 0.2) is 0 Å². The summed E-state index contributed by atoms with van der Waals surface area (Å²) in [6.45, 7) is 1.29. The van der Waals surface area contributed by atoms with E-state index >= 15 is 0 Å². The Hall–Kier alpha value is -2.56. The molecule has 122 valence electrons. The first-order chi connectivity index (χ1) is 11.8. The van der Waals surface area contributed by atoms with E-state index in [9.17, 15) is 5.11 Å². The molecule has 4 rings (SSSR count). The quantitative estimate of drug-likeness (QED) is 0.780. The highest BCUT2D eigenvalue weighted by Gasteiger charge is 2.36. The van der Waals surface area contributed by atoms with Crippen molar-refractivity contribution >= 4 is 0 Å². The number of phenols is 1. The van der Waals surface area contributed by atoms with Crippen LogP contribution >= 0.6 is 0 Å². The summed E-state index contributed by atoms with van der Waals surface area (Å²) >= 11 is 0. The van der Waals surface area contributed by atoms with Gasteiger partial charge in [-0.05, 0) is 35.4 Å². The first-order valence-electron chi connectivity index (χ1n) is 8.05. The largest absolute Gasteiger partial charge is 0.508 e. The summed E-state index contributed by atoms with van der Waals surface area (Å²) in [5.74, 6) is 1.17. The van der Waals surface area contributed by atoms with Crippen molar-refractivity contribution in [2.45, 2.75) is 18.8 Å². The molecule has 1 aromatic heterocycles. The van der Waals surface area contributed by atoms with E-state index in [4.69, 9.17) is 9.15 Å². The van der Waals surface area contributed by atoms with Crippen LogP contribution in [0.1, 0.15) is 29.2 Å². The monoisotopic (exact) mass is 321 g/mol. The number of furan rings is 1. The molecule has 0 amide bonds. The predicted molar refractivity (Wildman–Crippen MR) is 90.2 cm³/mol. The van der Waals surface area contributed by atoms with Crippen molar-refractivity contribution in [2.24, 2.45) is 0 Å². The number of hydrogen-bond acceptors (Lipinski definition) is 4. The zero-order valence-electron chi connectivity index (χ0n) is 13.2. The molecule has 1 fully saturated rings. The molecule has 0 radical (unpaired) electrons. The maximum absolute atomic E-state index is 9.53. The number of ether oxygens (including phenoxy) is 1. The number of rotatable bonds is 4. The van der Waals surface area contributed by atoms with Gasteiger partial charge in [-0.1, -0.05) is 42.5 Å². The third-order valence-electron chi connectivity index (χ3n) is 4.39. The normalized spacial score (nSPS) is 21.2. The van der Waals surface area contributed by atoms with Gasteiger partial charge >= 0.3 is 0 Å². The number of aromatic hydroxyl groups is 1. The number of phenolic OH excluding ortho intramolecular Hbond substituents is 1. The summed E-state index contributed by atoms with van der Waals surface area (Å²) in [6, 6.07) is 21.6. The van der Waals surface area contributed by atoms with Gasteiger partial charge in [0.2, 0.25) is 0 Å². The van der Waals surface area contributed by atoms with E-state index < -0.39 is 0 Å². The molecule has 0 aliphatic carbocycles. The van der Waals surface area contributed by atoms with Crippen LogP contribution in [0.4, 0.5) is 0 Å². The Bertz CT molecular complexity index is 768. The molecule has 0 bridgehead atoms. The van der Waals surface area contributed by atoms with Crippen LogP contribution in [0.15, 0.2) is 77.4 Å². The Morgan fingerprint density at radius 3 is 2.42 bits per heavy atom. The number of nitrogens with zero attached hydrogens (tertiary/aromatic N) is 1. The molecule has 1 N–H and O–H groups in total. The van der Waals surface area contributed by atoms with Crippen molar-refractivity contribution in [3.63, 3.8) is 0 Å². The molecule has 4 nitrogen and oxygen atoms in total. The smallest absolute Gasteiger partial charge is 0.137 e. The number of hydrogen-bond donors (Lipinski definition) is 1. The van der Waals surface area contributed by atoms with Crippen LogP contribution < -0.4 is 0 Å². The molecule has 4 heteroatoms.